The molecule has 2 heterocycles. The molecule has 148 valence electrons. The fourth-order valence-corrected chi connectivity index (χ4v) is 4.17. The molecule has 2 fully saturated rings. The van der Waals surface area contributed by atoms with Crippen LogP contribution in [0.25, 0.3) is 11.1 Å². The quantitative estimate of drug-likeness (QED) is 0.763. The predicted octanol–water partition coefficient (Wildman–Crippen LogP) is 2.92. The largest absolute Gasteiger partial charge is 0.492 e. The van der Waals surface area contributed by atoms with Crippen molar-refractivity contribution in [3.63, 3.8) is 0 Å². The Kier molecular flexibility index (Phi) is 4.97. The standard InChI is InChI=1S/C23H28N2O3/c26-23-21-15-17(27-13-11-24-7-1-8-24)3-5-19(21)20-6-4-18(16-22(20)23)28-14-12-25-9-2-10-25/h3-6,15-16,23,26H,1-2,7-14H2. The van der Waals surface area contributed by atoms with Crippen LogP contribution in [-0.4, -0.2) is 67.4 Å². The normalized spacial score (nSPS) is 18.9. The van der Waals surface area contributed by atoms with Gasteiger partial charge in [0.1, 0.15) is 30.8 Å². The van der Waals surface area contributed by atoms with Crippen molar-refractivity contribution in [3.05, 3.63) is 47.5 Å². The van der Waals surface area contributed by atoms with E-state index in [1.165, 1.54) is 39.0 Å². The minimum atomic E-state index is -0.622. The van der Waals surface area contributed by atoms with Gasteiger partial charge in [-0.2, -0.15) is 0 Å². The number of aliphatic hydroxyl groups excluding tert-OH is 1. The summed E-state index contributed by atoms with van der Waals surface area (Å²) in [4.78, 5) is 4.78. The third kappa shape index (κ3) is 3.50. The third-order valence-electron chi connectivity index (χ3n) is 6.18. The van der Waals surface area contributed by atoms with Gasteiger partial charge in [-0.25, -0.2) is 0 Å². The summed E-state index contributed by atoms with van der Waals surface area (Å²) < 4.78 is 11.8. The van der Waals surface area contributed by atoms with E-state index >= 15 is 0 Å². The van der Waals surface area contributed by atoms with Crippen molar-refractivity contribution >= 4 is 0 Å². The Bertz CT molecular complexity index is 776. The highest BCUT2D eigenvalue weighted by molar-refractivity contribution is 5.79. The molecule has 1 N–H and O–H groups in total. The van der Waals surface area contributed by atoms with Gasteiger partial charge < -0.3 is 14.6 Å². The van der Waals surface area contributed by atoms with E-state index in [1.54, 1.807) is 0 Å². The number of fused-ring (bicyclic) bond motifs is 3. The number of hydrogen-bond acceptors (Lipinski definition) is 5. The zero-order valence-corrected chi connectivity index (χ0v) is 16.3. The average Bonchev–Trinajstić information content (AvgIpc) is 2.91. The van der Waals surface area contributed by atoms with Crippen LogP contribution in [0.2, 0.25) is 0 Å². The summed E-state index contributed by atoms with van der Waals surface area (Å²) in [6.45, 7) is 8.06. The van der Waals surface area contributed by atoms with Gasteiger partial charge in [-0.15, -0.1) is 0 Å². The molecule has 5 heteroatoms. The molecule has 2 aromatic rings. The lowest BCUT2D eigenvalue weighted by Crippen LogP contribution is -2.39. The number of likely N-dealkylation sites (tertiary alicyclic amines) is 2. The minimum Gasteiger partial charge on any atom is -0.492 e. The Morgan fingerprint density at radius 2 is 1.21 bits per heavy atom. The van der Waals surface area contributed by atoms with Gasteiger partial charge in [0.05, 0.1) is 0 Å². The van der Waals surface area contributed by atoms with Crippen LogP contribution < -0.4 is 9.47 Å². The average molecular weight is 380 g/mol. The SMILES string of the molecule is OC1c2cc(OCCN3CCC3)ccc2-c2ccc(OCCN3CCC3)cc21. The molecule has 0 aromatic heterocycles. The summed E-state index contributed by atoms with van der Waals surface area (Å²) in [5.41, 5.74) is 4.03. The van der Waals surface area contributed by atoms with E-state index in [0.717, 1.165) is 46.8 Å². The first-order valence-electron chi connectivity index (χ1n) is 10.4. The van der Waals surface area contributed by atoms with Gasteiger partial charge in [0, 0.05) is 13.1 Å². The monoisotopic (exact) mass is 380 g/mol. The van der Waals surface area contributed by atoms with Crippen molar-refractivity contribution in [2.24, 2.45) is 0 Å². The lowest BCUT2D eigenvalue weighted by atomic mass is 10.1. The van der Waals surface area contributed by atoms with Gasteiger partial charge in [-0.05, 0) is 85.5 Å². The Morgan fingerprint density at radius 3 is 1.61 bits per heavy atom. The summed E-state index contributed by atoms with van der Waals surface area (Å²) in [5, 5.41) is 10.9. The van der Waals surface area contributed by atoms with Crippen LogP contribution in [0, 0.1) is 0 Å². The Morgan fingerprint density at radius 1 is 0.750 bits per heavy atom. The first-order chi connectivity index (χ1) is 13.8. The second-order valence-electron chi connectivity index (χ2n) is 7.99. The van der Waals surface area contributed by atoms with Crippen LogP contribution in [0.15, 0.2) is 36.4 Å². The number of hydrogen-bond donors (Lipinski definition) is 1. The van der Waals surface area contributed by atoms with E-state index in [1.807, 2.05) is 24.3 Å². The van der Waals surface area contributed by atoms with Crippen LogP contribution in [0.5, 0.6) is 11.5 Å². The molecule has 2 aromatic carbocycles. The van der Waals surface area contributed by atoms with Crippen LogP contribution in [0.4, 0.5) is 0 Å². The molecule has 5 rings (SSSR count). The zero-order chi connectivity index (χ0) is 18.9. The van der Waals surface area contributed by atoms with Gasteiger partial charge in [0.25, 0.3) is 0 Å². The molecule has 3 aliphatic rings. The highest BCUT2D eigenvalue weighted by atomic mass is 16.5. The van der Waals surface area contributed by atoms with E-state index in [0.29, 0.717) is 13.2 Å². The maximum Gasteiger partial charge on any atom is 0.119 e. The second-order valence-corrected chi connectivity index (χ2v) is 7.99. The number of ether oxygens (including phenoxy) is 2. The number of nitrogens with zero attached hydrogens (tertiary/aromatic N) is 2. The summed E-state index contributed by atoms with van der Waals surface area (Å²) in [6.07, 6.45) is 1.98. The van der Waals surface area contributed by atoms with E-state index in [-0.39, 0.29) is 0 Å². The molecule has 0 saturated carbocycles. The Hall–Kier alpha value is -2.08. The highest BCUT2D eigenvalue weighted by Crippen LogP contribution is 2.45. The Labute approximate surface area is 166 Å². The van der Waals surface area contributed by atoms with Crippen molar-refractivity contribution in [1.82, 2.24) is 9.80 Å². The van der Waals surface area contributed by atoms with E-state index in [2.05, 4.69) is 21.9 Å². The molecule has 0 amide bonds. The molecular formula is C23H28N2O3. The third-order valence-corrected chi connectivity index (χ3v) is 6.18. The van der Waals surface area contributed by atoms with Crippen LogP contribution in [0.3, 0.4) is 0 Å². The molecule has 2 saturated heterocycles. The molecule has 2 aliphatic heterocycles. The predicted molar refractivity (Wildman–Crippen MR) is 109 cm³/mol. The summed E-state index contributed by atoms with van der Waals surface area (Å²) >= 11 is 0. The van der Waals surface area contributed by atoms with Gasteiger partial charge in [-0.3, -0.25) is 9.80 Å². The van der Waals surface area contributed by atoms with E-state index < -0.39 is 6.10 Å². The van der Waals surface area contributed by atoms with Crippen molar-refractivity contribution in [2.75, 3.05) is 52.5 Å². The van der Waals surface area contributed by atoms with Crippen LogP contribution >= 0.6 is 0 Å². The molecular weight excluding hydrogens is 352 g/mol. The summed E-state index contributed by atoms with van der Waals surface area (Å²) in [6, 6.07) is 12.1. The zero-order valence-electron chi connectivity index (χ0n) is 16.3. The maximum absolute atomic E-state index is 10.9. The van der Waals surface area contributed by atoms with Crippen LogP contribution in [0.1, 0.15) is 30.1 Å². The first kappa shape index (κ1) is 18.0. The fraction of sp³-hybridized carbons (Fsp3) is 0.478. The molecule has 0 unspecified atom stereocenters. The maximum atomic E-state index is 10.9. The van der Waals surface area contributed by atoms with Gasteiger partial charge >= 0.3 is 0 Å². The minimum absolute atomic E-state index is 0.622. The second kappa shape index (κ2) is 7.74. The molecule has 0 spiro atoms. The molecule has 5 nitrogen and oxygen atoms in total. The molecule has 0 radical (unpaired) electrons. The number of rotatable bonds is 8. The van der Waals surface area contributed by atoms with Crippen molar-refractivity contribution < 1.29 is 14.6 Å². The molecule has 28 heavy (non-hydrogen) atoms. The number of aliphatic hydroxyl groups is 1. The fourth-order valence-electron chi connectivity index (χ4n) is 4.17. The van der Waals surface area contributed by atoms with Crippen molar-refractivity contribution in [2.45, 2.75) is 18.9 Å². The van der Waals surface area contributed by atoms with Gasteiger partial charge in [-0.1, -0.05) is 12.1 Å². The topological polar surface area (TPSA) is 45.2 Å². The lowest BCUT2D eigenvalue weighted by Gasteiger charge is -2.30. The Balaban J connectivity index is 1.24. The van der Waals surface area contributed by atoms with Gasteiger partial charge in [0.2, 0.25) is 0 Å². The molecule has 1 aliphatic carbocycles. The molecule has 0 atom stereocenters. The highest BCUT2D eigenvalue weighted by Gasteiger charge is 2.28. The van der Waals surface area contributed by atoms with Gasteiger partial charge in [0.15, 0.2) is 0 Å². The van der Waals surface area contributed by atoms with E-state index in [9.17, 15) is 5.11 Å². The summed E-state index contributed by atoms with van der Waals surface area (Å²) in [5.74, 6) is 1.66. The smallest absolute Gasteiger partial charge is 0.119 e. The first-order valence-corrected chi connectivity index (χ1v) is 10.4. The molecule has 0 bridgehead atoms. The van der Waals surface area contributed by atoms with Crippen molar-refractivity contribution in [1.29, 1.82) is 0 Å². The van der Waals surface area contributed by atoms with Crippen molar-refractivity contribution in [3.8, 4) is 22.6 Å². The van der Waals surface area contributed by atoms with Crippen LogP contribution in [-0.2, 0) is 0 Å². The van der Waals surface area contributed by atoms with E-state index in [4.69, 9.17) is 9.47 Å². The lowest BCUT2D eigenvalue weighted by molar-refractivity contribution is 0.146. The number of benzene rings is 2. The summed E-state index contributed by atoms with van der Waals surface area (Å²) in [7, 11) is 0.